The molecule has 0 spiro atoms. The van der Waals surface area contributed by atoms with Gasteiger partial charge in [0.15, 0.2) is 0 Å². The summed E-state index contributed by atoms with van der Waals surface area (Å²) in [6.07, 6.45) is 4.36. The van der Waals surface area contributed by atoms with Crippen LogP contribution >= 0.6 is 11.8 Å². The molecule has 2 aromatic rings. The van der Waals surface area contributed by atoms with Crippen molar-refractivity contribution in [2.75, 3.05) is 6.61 Å². The number of hydrogen-bond donors (Lipinski definition) is 0. The molecule has 1 heterocycles. The van der Waals surface area contributed by atoms with Crippen LogP contribution in [0.25, 0.3) is 0 Å². The van der Waals surface area contributed by atoms with Crippen LogP contribution in [-0.4, -0.2) is 17.8 Å². The Morgan fingerprint density at radius 3 is 2.17 bits per heavy atom. The minimum absolute atomic E-state index is 0.0558. The fraction of sp³-hybridized carbons (Fsp3) is 0.250. The quantitative estimate of drug-likeness (QED) is 0.600. The fourth-order valence-electron chi connectivity index (χ4n) is 2.83. The lowest BCUT2D eigenvalue weighted by atomic mass is 9.93. The average Bonchev–Trinajstić information content (AvgIpc) is 2.63. The van der Waals surface area contributed by atoms with Crippen LogP contribution in [0.1, 0.15) is 29.2 Å². The third-order valence-electron chi connectivity index (χ3n) is 3.94. The second-order valence-corrected chi connectivity index (χ2v) is 6.75. The van der Waals surface area contributed by atoms with E-state index in [1.807, 2.05) is 43.3 Å². The number of benzene rings is 2. The summed E-state index contributed by atoms with van der Waals surface area (Å²) in [4.78, 5) is 12.5. The average molecular weight is 324 g/mol. The molecule has 23 heavy (non-hydrogen) atoms. The highest BCUT2D eigenvalue weighted by molar-refractivity contribution is 8.01. The number of rotatable bonds is 4. The van der Waals surface area contributed by atoms with Crippen molar-refractivity contribution in [1.82, 2.24) is 0 Å². The third kappa shape index (κ3) is 3.67. The van der Waals surface area contributed by atoms with Gasteiger partial charge in [-0.25, -0.2) is 0 Å². The van der Waals surface area contributed by atoms with Crippen LogP contribution in [0.3, 0.4) is 0 Å². The van der Waals surface area contributed by atoms with E-state index in [-0.39, 0.29) is 22.4 Å². The molecular weight excluding hydrogens is 304 g/mol. The minimum atomic E-state index is -0.215. The second kappa shape index (κ2) is 7.51. The third-order valence-corrected chi connectivity index (χ3v) is 5.45. The van der Waals surface area contributed by atoms with Gasteiger partial charge in [-0.1, -0.05) is 72.8 Å². The smallest absolute Gasteiger partial charge is 0.320 e. The molecule has 3 rings (SSSR count). The zero-order valence-electron chi connectivity index (χ0n) is 13.1. The van der Waals surface area contributed by atoms with E-state index in [1.54, 1.807) is 11.8 Å². The molecule has 0 amide bonds. The largest absolute Gasteiger partial charge is 0.465 e. The van der Waals surface area contributed by atoms with Crippen LogP contribution in [0, 0.1) is 0 Å². The van der Waals surface area contributed by atoms with Crippen molar-refractivity contribution in [3.8, 4) is 0 Å². The van der Waals surface area contributed by atoms with Gasteiger partial charge < -0.3 is 4.74 Å². The highest BCUT2D eigenvalue weighted by atomic mass is 32.2. The molecule has 3 atom stereocenters. The van der Waals surface area contributed by atoms with Crippen molar-refractivity contribution >= 4 is 17.7 Å². The maximum Gasteiger partial charge on any atom is 0.320 e. The molecule has 1 aliphatic rings. The van der Waals surface area contributed by atoms with E-state index in [4.69, 9.17) is 4.74 Å². The van der Waals surface area contributed by atoms with E-state index < -0.39 is 0 Å². The lowest BCUT2D eigenvalue weighted by molar-refractivity contribution is -0.142. The van der Waals surface area contributed by atoms with Gasteiger partial charge in [0.05, 0.1) is 6.61 Å². The summed E-state index contributed by atoms with van der Waals surface area (Å²) in [5, 5.41) is -0.0295. The summed E-state index contributed by atoms with van der Waals surface area (Å²) in [7, 11) is 0. The van der Waals surface area contributed by atoms with Crippen LogP contribution in [0.2, 0.25) is 0 Å². The number of hydrogen-bond acceptors (Lipinski definition) is 3. The number of ether oxygens (including phenoxy) is 1. The van der Waals surface area contributed by atoms with Crippen molar-refractivity contribution < 1.29 is 9.53 Å². The van der Waals surface area contributed by atoms with Crippen LogP contribution in [0.4, 0.5) is 0 Å². The molecule has 0 fully saturated rings. The molecule has 118 valence electrons. The first kappa shape index (κ1) is 15.9. The Hall–Kier alpha value is -2.00. The zero-order chi connectivity index (χ0) is 16.1. The summed E-state index contributed by atoms with van der Waals surface area (Å²) in [6, 6.07) is 20.5. The summed E-state index contributed by atoms with van der Waals surface area (Å²) >= 11 is 1.67. The Balaban J connectivity index is 1.91. The first-order valence-electron chi connectivity index (χ1n) is 7.90. The van der Waals surface area contributed by atoms with E-state index in [2.05, 4.69) is 36.4 Å². The van der Waals surface area contributed by atoms with Crippen molar-refractivity contribution in [2.24, 2.45) is 0 Å². The van der Waals surface area contributed by atoms with Gasteiger partial charge in [0.1, 0.15) is 5.25 Å². The van der Waals surface area contributed by atoms with Crippen LogP contribution in [0.15, 0.2) is 72.8 Å². The van der Waals surface area contributed by atoms with Gasteiger partial charge in [-0.3, -0.25) is 4.79 Å². The topological polar surface area (TPSA) is 26.3 Å². The maximum atomic E-state index is 12.5. The molecule has 3 unspecified atom stereocenters. The molecule has 2 aromatic carbocycles. The molecule has 0 saturated heterocycles. The number of carbonyl (C=O) groups is 1. The van der Waals surface area contributed by atoms with E-state index in [0.29, 0.717) is 6.61 Å². The zero-order valence-corrected chi connectivity index (χ0v) is 13.9. The summed E-state index contributed by atoms with van der Waals surface area (Å²) in [5.41, 5.74) is 2.37. The van der Waals surface area contributed by atoms with Gasteiger partial charge in [0.2, 0.25) is 0 Å². The Bertz CT molecular complexity index is 667. The lowest BCUT2D eigenvalue weighted by Gasteiger charge is -2.30. The Morgan fingerprint density at radius 1 is 0.957 bits per heavy atom. The second-order valence-electron chi connectivity index (χ2n) is 5.46. The maximum absolute atomic E-state index is 12.5. The monoisotopic (exact) mass is 324 g/mol. The van der Waals surface area contributed by atoms with Crippen LogP contribution < -0.4 is 0 Å². The van der Waals surface area contributed by atoms with E-state index in [1.165, 1.54) is 5.56 Å². The molecule has 0 N–H and O–H groups in total. The number of allylic oxidation sites excluding steroid dienone is 1. The molecule has 0 radical (unpaired) electrons. The van der Waals surface area contributed by atoms with Gasteiger partial charge in [0.25, 0.3) is 0 Å². The first-order valence-corrected chi connectivity index (χ1v) is 8.84. The SMILES string of the molecule is CCOC(=O)C1SC(c2ccccc2)C=CC1c1ccccc1. The number of esters is 1. The fourth-order valence-corrected chi connectivity index (χ4v) is 4.24. The molecule has 0 saturated carbocycles. The summed E-state index contributed by atoms with van der Waals surface area (Å²) in [6.45, 7) is 2.27. The molecule has 3 heteroatoms. The minimum Gasteiger partial charge on any atom is -0.465 e. The first-order chi connectivity index (χ1) is 11.3. The Labute approximate surface area is 141 Å². The highest BCUT2D eigenvalue weighted by Crippen LogP contribution is 2.44. The number of thioether (sulfide) groups is 1. The van der Waals surface area contributed by atoms with E-state index in [9.17, 15) is 4.79 Å². The van der Waals surface area contributed by atoms with Crippen molar-refractivity contribution in [2.45, 2.75) is 23.3 Å². The van der Waals surface area contributed by atoms with E-state index >= 15 is 0 Å². The molecule has 0 bridgehead atoms. The summed E-state index contributed by atoms with van der Waals surface area (Å²) < 4.78 is 5.32. The number of carbonyl (C=O) groups excluding carboxylic acids is 1. The molecular formula is C20H20O2S. The van der Waals surface area contributed by atoms with Crippen molar-refractivity contribution in [1.29, 1.82) is 0 Å². The molecule has 0 aliphatic carbocycles. The van der Waals surface area contributed by atoms with Gasteiger partial charge >= 0.3 is 5.97 Å². The molecule has 0 aromatic heterocycles. The van der Waals surface area contributed by atoms with Crippen LogP contribution in [0.5, 0.6) is 0 Å². The van der Waals surface area contributed by atoms with Gasteiger partial charge in [-0.15, -0.1) is 11.8 Å². The van der Waals surface area contributed by atoms with Gasteiger partial charge in [-0.05, 0) is 18.1 Å². The lowest BCUT2D eigenvalue weighted by Crippen LogP contribution is -2.29. The van der Waals surface area contributed by atoms with Crippen molar-refractivity contribution in [3.63, 3.8) is 0 Å². The highest BCUT2D eigenvalue weighted by Gasteiger charge is 2.35. The van der Waals surface area contributed by atoms with E-state index in [0.717, 1.165) is 5.56 Å². The molecule has 1 aliphatic heterocycles. The predicted molar refractivity (Wildman–Crippen MR) is 95.5 cm³/mol. The van der Waals surface area contributed by atoms with Crippen LogP contribution in [-0.2, 0) is 9.53 Å². The van der Waals surface area contributed by atoms with Crippen molar-refractivity contribution in [3.05, 3.63) is 83.9 Å². The normalized spacial score (nSPS) is 23.4. The summed E-state index contributed by atoms with van der Waals surface area (Å²) in [5.74, 6) is -0.0724. The van der Waals surface area contributed by atoms with Gasteiger partial charge in [-0.2, -0.15) is 0 Å². The molecule has 2 nitrogen and oxygen atoms in total. The Morgan fingerprint density at radius 2 is 1.57 bits per heavy atom. The van der Waals surface area contributed by atoms with Gasteiger partial charge in [0, 0.05) is 11.2 Å². The predicted octanol–water partition coefficient (Wildman–Crippen LogP) is 4.75. The Kier molecular flexibility index (Phi) is 5.19. The standard InChI is InChI=1S/C20H20O2S/c1-2-22-20(21)19-17(15-9-5-3-6-10-15)13-14-18(23-19)16-11-7-4-8-12-16/h3-14,17-19H,2H2,1H3.